The minimum absolute atomic E-state index is 0.188. The van der Waals surface area contributed by atoms with Gasteiger partial charge in [0.2, 0.25) is 0 Å². The number of rotatable bonds is 2. The number of hydrogen-bond donors (Lipinski definition) is 1. The molecule has 1 amide bonds. The van der Waals surface area contributed by atoms with E-state index in [2.05, 4.69) is 0 Å². The van der Waals surface area contributed by atoms with E-state index in [0.717, 1.165) is 29.2 Å². The van der Waals surface area contributed by atoms with E-state index in [1.165, 1.54) is 6.08 Å². The number of carbonyl (C=O) groups is 1. The number of likely N-dealkylation sites (tertiary alicyclic amines) is 1. The zero-order valence-electron chi connectivity index (χ0n) is 10.2. The molecule has 1 heterocycles. The van der Waals surface area contributed by atoms with Gasteiger partial charge in [-0.25, -0.2) is 9.18 Å². The molecule has 1 N–H and O–H groups in total. The highest BCUT2D eigenvalue weighted by Crippen LogP contribution is 2.34. The highest BCUT2D eigenvalue weighted by molar-refractivity contribution is 5.66. The molecular weight excluding hydrogens is 278 g/mol. The van der Waals surface area contributed by atoms with Crippen LogP contribution in [0.2, 0.25) is 0 Å². The first-order valence-electron chi connectivity index (χ1n) is 5.81. The lowest BCUT2D eigenvalue weighted by Crippen LogP contribution is -2.48. The molecule has 3 nitrogen and oxygen atoms in total. The topological polar surface area (TPSA) is 40.5 Å². The Morgan fingerprint density at radius 3 is 2.55 bits per heavy atom. The Labute approximate surface area is 112 Å². The number of hydrogen-bond acceptors (Lipinski definition) is 1. The Morgan fingerprint density at radius 1 is 1.35 bits per heavy atom. The summed E-state index contributed by atoms with van der Waals surface area (Å²) in [6, 6.07) is 2.78. The van der Waals surface area contributed by atoms with Crippen molar-refractivity contribution in [2.24, 2.45) is 5.92 Å². The van der Waals surface area contributed by atoms with Gasteiger partial charge in [-0.05, 0) is 12.1 Å². The quantitative estimate of drug-likeness (QED) is 0.847. The molecule has 1 aromatic rings. The van der Waals surface area contributed by atoms with Crippen molar-refractivity contribution >= 4 is 12.2 Å². The van der Waals surface area contributed by atoms with E-state index >= 15 is 0 Å². The van der Waals surface area contributed by atoms with Crippen LogP contribution in [-0.2, 0) is 6.18 Å². The van der Waals surface area contributed by atoms with Crippen LogP contribution in [0.1, 0.15) is 11.1 Å². The van der Waals surface area contributed by atoms with Gasteiger partial charge in [0.1, 0.15) is 5.82 Å². The average Bonchev–Trinajstić information content (AvgIpc) is 2.26. The molecule has 7 heteroatoms. The van der Waals surface area contributed by atoms with Crippen LogP contribution in [0.15, 0.2) is 24.3 Å². The summed E-state index contributed by atoms with van der Waals surface area (Å²) in [5, 5.41) is 8.62. The van der Waals surface area contributed by atoms with E-state index in [0.29, 0.717) is 0 Å². The van der Waals surface area contributed by atoms with Crippen molar-refractivity contribution in [3.05, 3.63) is 41.2 Å². The summed E-state index contributed by atoms with van der Waals surface area (Å²) in [5.74, 6) is -1.14. The van der Waals surface area contributed by atoms with Crippen molar-refractivity contribution in [2.45, 2.75) is 6.18 Å². The van der Waals surface area contributed by atoms with Crippen LogP contribution in [0.25, 0.3) is 6.08 Å². The summed E-state index contributed by atoms with van der Waals surface area (Å²) in [7, 11) is 0. The SMILES string of the molecule is O=C(O)N1CC(/C=C/c2c(F)cccc2C(F)(F)F)C1. The Kier molecular flexibility index (Phi) is 3.69. The van der Waals surface area contributed by atoms with Crippen LogP contribution < -0.4 is 0 Å². The fourth-order valence-electron chi connectivity index (χ4n) is 1.98. The number of amides is 1. The van der Waals surface area contributed by atoms with Gasteiger partial charge in [0.25, 0.3) is 0 Å². The van der Waals surface area contributed by atoms with Crippen LogP contribution in [0.3, 0.4) is 0 Å². The highest BCUT2D eigenvalue weighted by atomic mass is 19.4. The van der Waals surface area contributed by atoms with Crippen molar-refractivity contribution < 1.29 is 27.5 Å². The number of halogens is 4. The van der Waals surface area contributed by atoms with Gasteiger partial charge >= 0.3 is 12.3 Å². The lowest BCUT2D eigenvalue weighted by Gasteiger charge is -2.35. The maximum atomic E-state index is 13.5. The summed E-state index contributed by atoms with van der Waals surface area (Å²) in [4.78, 5) is 11.7. The molecule has 2 rings (SSSR count). The Balaban J connectivity index is 2.16. The maximum absolute atomic E-state index is 13.5. The van der Waals surface area contributed by atoms with Gasteiger partial charge in [0, 0.05) is 24.6 Å². The second-order valence-corrected chi connectivity index (χ2v) is 4.51. The lowest BCUT2D eigenvalue weighted by molar-refractivity contribution is -0.137. The van der Waals surface area contributed by atoms with Gasteiger partial charge in [0.05, 0.1) is 5.56 Å². The summed E-state index contributed by atoms with van der Waals surface area (Å²) >= 11 is 0. The molecule has 0 bridgehead atoms. The fourth-order valence-corrected chi connectivity index (χ4v) is 1.98. The van der Waals surface area contributed by atoms with Gasteiger partial charge in [-0.1, -0.05) is 18.2 Å². The molecule has 1 aliphatic heterocycles. The third kappa shape index (κ3) is 2.92. The predicted octanol–water partition coefficient (Wildman–Crippen LogP) is 3.47. The molecule has 0 saturated carbocycles. The molecule has 0 unspecified atom stereocenters. The zero-order valence-corrected chi connectivity index (χ0v) is 10.2. The normalized spacial score (nSPS) is 16.5. The van der Waals surface area contributed by atoms with E-state index in [9.17, 15) is 22.4 Å². The summed E-state index contributed by atoms with van der Waals surface area (Å²) in [6.45, 7) is 0.420. The fraction of sp³-hybridized carbons (Fsp3) is 0.308. The van der Waals surface area contributed by atoms with Crippen LogP contribution in [0.5, 0.6) is 0 Å². The molecule has 1 saturated heterocycles. The summed E-state index contributed by atoms with van der Waals surface area (Å²) < 4.78 is 51.7. The average molecular weight is 289 g/mol. The Morgan fingerprint density at radius 2 is 2.00 bits per heavy atom. The summed E-state index contributed by atoms with van der Waals surface area (Å²) in [6.07, 6.45) is -3.22. The van der Waals surface area contributed by atoms with Crippen LogP contribution >= 0.6 is 0 Å². The molecule has 0 spiro atoms. The minimum Gasteiger partial charge on any atom is -0.465 e. The van der Waals surface area contributed by atoms with Gasteiger partial charge in [-0.3, -0.25) is 0 Å². The largest absolute Gasteiger partial charge is 0.465 e. The van der Waals surface area contributed by atoms with Crippen molar-refractivity contribution in [3.63, 3.8) is 0 Å². The molecule has 0 aliphatic carbocycles. The van der Waals surface area contributed by atoms with Gasteiger partial charge in [0.15, 0.2) is 0 Å². The molecular formula is C13H11F4NO2. The smallest absolute Gasteiger partial charge is 0.417 e. The Bertz CT molecular complexity index is 548. The van der Waals surface area contributed by atoms with E-state index in [4.69, 9.17) is 5.11 Å². The van der Waals surface area contributed by atoms with Crippen LogP contribution in [-0.4, -0.2) is 29.2 Å². The molecule has 1 aliphatic rings. The third-order valence-electron chi connectivity index (χ3n) is 3.07. The number of nitrogens with zero attached hydrogens (tertiary/aromatic N) is 1. The molecule has 1 aromatic carbocycles. The van der Waals surface area contributed by atoms with Crippen LogP contribution in [0.4, 0.5) is 22.4 Å². The highest BCUT2D eigenvalue weighted by Gasteiger charge is 2.34. The first-order valence-corrected chi connectivity index (χ1v) is 5.81. The molecule has 0 radical (unpaired) electrons. The number of benzene rings is 1. The van der Waals surface area contributed by atoms with E-state index in [-0.39, 0.29) is 19.0 Å². The number of carboxylic acid groups (broad SMARTS) is 1. The standard InChI is InChI=1S/C13H11F4NO2/c14-11-3-1-2-10(13(15,16)17)9(11)5-4-8-6-18(7-8)12(19)20/h1-5,8H,6-7H2,(H,19,20)/b5-4+. The molecule has 1 fully saturated rings. The van der Waals surface area contributed by atoms with E-state index < -0.39 is 29.2 Å². The monoisotopic (exact) mass is 289 g/mol. The molecule has 108 valence electrons. The third-order valence-corrected chi connectivity index (χ3v) is 3.07. The lowest BCUT2D eigenvalue weighted by atomic mass is 9.97. The molecule has 20 heavy (non-hydrogen) atoms. The second-order valence-electron chi connectivity index (χ2n) is 4.51. The van der Waals surface area contributed by atoms with Crippen molar-refractivity contribution in [2.75, 3.05) is 13.1 Å². The first-order chi connectivity index (χ1) is 9.29. The van der Waals surface area contributed by atoms with Crippen molar-refractivity contribution in [3.8, 4) is 0 Å². The summed E-state index contributed by atoms with van der Waals surface area (Å²) in [5.41, 5.74) is -1.56. The molecule has 0 atom stereocenters. The van der Waals surface area contributed by atoms with E-state index in [1.54, 1.807) is 0 Å². The zero-order chi connectivity index (χ0) is 14.9. The van der Waals surface area contributed by atoms with E-state index in [1.807, 2.05) is 0 Å². The predicted molar refractivity (Wildman–Crippen MR) is 63.5 cm³/mol. The van der Waals surface area contributed by atoms with Gasteiger partial charge in [-0.15, -0.1) is 0 Å². The van der Waals surface area contributed by atoms with Crippen molar-refractivity contribution in [1.82, 2.24) is 4.90 Å². The van der Waals surface area contributed by atoms with Crippen LogP contribution in [0, 0.1) is 11.7 Å². The minimum atomic E-state index is -4.63. The Hall–Kier alpha value is -2.05. The first kappa shape index (κ1) is 14.4. The molecule has 0 aromatic heterocycles. The van der Waals surface area contributed by atoms with Gasteiger partial charge in [-0.2, -0.15) is 13.2 Å². The van der Waals surface area contributed by atoms with Crippen molar-refractivity contribution in [1.29, 1.82) is 0 Å². The number of alkyl halides is 3. The second kappa shape index (κ2) is 5.15. The van der Waals surface area contributed by atoms with Gasteiger partial charge < -0.3 is 10.0 Å². The maximum Gasteiger partial charge on any atom is 0.417 e.